The summed E-state index contributed by atoms with van der Waals surface area (Å²) in [6.07, 6.45) is -7.53. The van der Waals surface area contributed by atoms with E-state index in [4.69, 9.17) is 9.47 Å². The summed E-state index contributed by atoms with van der Waals surface area (Å²) in [6.45, 7) is 6.66. The first-order chi connectivity index (χ1) is 19.8. The van der Waals surface area contributed by atoms with E-state index in [2.05, 4.69) is 22.6 Å². The molecule has 13 heteroatoms. The molecule has 0 saturated heterocycles. The van der Waals surface area contributed by atoms with Crippen LogP contribution in [0.5, 0.6) is 17.2 Å². The Morgan fingerprint density at radius 2 is 1.33 bits per heavy atom. The van der Waals surface area contributed by atoms with Gasteiger partial charge in [0.25, 0.3) is 0 Å². The molecule has 0 aliphatic heterocycles. The van der Waals surface area contributed by atoms with Crippen LogP contribution < -0.4 is 14.2 Å². The number of rotatable bonds is 10. The molecule has 0 unspecified atom stereocenters. The van der Waals surface area contributed by atoms with Gasteiger partial charge in [-0.2, -0.15) is 0 Å². The van der Waals surface area contributed by atoms with Crippen LogP contribution in [-0.2, 0) is 20.7 Å². The van der Waals surface area contributed by atoms with Gasteiger partial charge in [-0.1, -0.05) is 43.5 Å². The van der Waals surface area contributed by atoms with Gasteiger partial charge in [0, 0.05) is 28.5 Å². The van der Waals surface area contributed by atoms with E-state index in [1.807, 2.05) is 0 Å². The summed E-state index contributed by atoms with van der Waals surface area (Å²) < 4.78 is 98.8. The summed E-state index contributed by atoms with van der Waals surface area (Å²) in [5.41, 5.74) is 1.21. The Labute approximate surface area is 238 Å². The Hall–Kier alpha value is -4.52. The van der Waals surface area contributed by atoms with E-state index in [-0.39, 0.29) is 32.3 Å². The first-order valence-corrected chi connectivity index (χ1v) is 12.9. The molecule has 0 spiro atoms. The van der Waals surface area contributed by atoms with Crippen LogP contribution in [0.25, 0.3) is 31.3 Å². The highest BCUT2D eigenvalue weighted by Crippen LogP contribution is 2.51. The van der Waals surface area contributed by atoms with E-state index >= 15 is 0 Å². The number of hydrogen-bond acceptors (Lipinski definition) is 7. The lowest BCUT2D eigenvalue weighted by molar-refractivity contribution is -0.275. The summed E-state index contributed by atoms with van der Waals surface area (Å²) in [7, 11) is 0. The van der Waals surface area contributed by atoms with Gasteiger partial charge in [-0.3, -0.25) is 0 Å². The van der Waals surface area contributed by atoms with Crippen LogP contribution in [0.4, 0.5) is 26.3 Å². The highest BCUT2D eigenvalue weighted by Gasteiger charge is 2.36. The van der Waals surface area contributed by atoms with Crippen molar-refractivity contribution >= 4 is 43.4 Å². The van der Waals surface area contributed by atoms with E-state index in [0.29, 0.717) is 29.7 Å². The van der Waals surface area contributed by atoms with E-state index in [0.717, 1.165) is 23.8 Å². The summed E-state index contributed by atoms with van der Waals surface area (Å²) in [6, 6.07) is 11.7. The fraction of sp³-hybridized carbons (Fsp3) is 0.172. The highest BCUT2D eigenvalue weighted by atomic mass is 32.1. The molecule has 6 nitrogen and oxygen atoms in total. The Balaban J connectivity index is 1.81. The minimum atomic E-state index is -5.20. The first kappa shape index (κ1) is 30.4. The molecule has 4 aromatic rings. The van der Waals surface area contributed by atoms with Crippen LogP contribution in [0.2, 0.25) is 0 Å². The van der Waals surface area contributed by atoms with Gasteiger partial charge in [0.1, 0.15) is 0 Å². The first-order valence-electron chi connectivity index (χ1n) is 12.1. The predicted molar refractivity (Wildman–Crippen MR) is 143 cm³/mol. The van der Waals surface area contributed by atoms with Crippen LogP contribution >= 0.6 is 11.3 Å². The molecular formula is C29H20F6O6S. The maximum absolute atomic E-state index is 13.6. The molecule has 220 valence electrons. The van der Waals surface area contributed by atoms with Crippen molar-refractivity contribution in [2.24, 2.45) is 0 Å². The number of benzene rings is 3. The van der Waals surface area contributed by atoms with Gasteiger partial charge < -0.3 is 18.9 Å². The van der Waals surface area contributed by atoms with Gasteiger partial charge in [-0.05, 0) is 42.2 Å². The SMILES string of the molecule is C=CC(=O)OCCCc1ccc(-c2ccc3c(sc4c(OC(F)(F)F)c(OC(=O)C=C)ccc43)c2OC(F)(F)F)cc1. The lowest BCUT2D eigenvalue weighted by atomic mass is 10.00. The van der Waals surface area contributed by atoms with Crippen molar-refractivity contribution < 1.29 is 54.9 Å². The van der Waals surface area contributed by atoms with Gasteiger partial charge in [0.05, 0.1) is 16.0 Å². The second-order valence-electron chi connectivity index (χ2n) is 8.58. The molecule has 0 atom stereocenters. The van der Waals surface area contributed by atoms with Crippen LogP contribution in [-0.4, -0.2) is 31.3 Å². The molecule has 0 radical (unpaired) electrons. The minimum Gasteiger partial charge on any atom is -0.463 e. The van der Waals surface area contributed by atoms with Gasteiger partial charge in [-0.25, -0.2) is 9.59 Å². The lowest BCUT2D eigenvalue weighted by Gasteiger charge is -2.15. The fourth-order valence-corrected chi connectivity index (χ4v) is 5.34. The van der Waals surface area contributed by atoms with Crippen LogP contribution in [0.3, 0.4) is 0 Å². The minimum absolute atomic E-state index is 0.0365. The smallest absolute Gasteiger partial charge is 0.463 e. The predicted octanol–water partition coefficient (Wildman–Crippen LogP) is 8.27. The number of fused-ring (bicyclic) bond motifs is 3. The summed E-state index contributed by atoms with van der Waals surface area (Å²) in [4.78, 5) is 22.9. The molecule has 42 heavy (non-hydrogen) atoms. The maximum atomic E-state index is 13.6. The standard InChI is InChI=1S/C29H20F6O6S/c1-3-22(36)38-15-5-6-16-7-9-17(10-8-16)18-11-12-19-20-13-14-21(39-23(37)4-2)25(41-29(33,34)35)27(20)42-26(19)24(18)40-28(30,31)32/h3-4,7-14H,1-2,5-6,15H2. The molecule has 1 aromatic heterocycles. The molecule has 0 saturated carbocycles. The summed E-state index contributed by atoms with van der Waals surface area (Å²) >= 11 is 0.559. The van der Waals surface area contributed by atoms with Gasteiger partial charge in [0.2, 0.25) is 0 Å². The topological polar surface area (TPSA) is 71.1 Å². The third-order valence-corrected chi connectivity index (χ3v) is 7.00. The van der Waals surface area contributed by atoms with Crippen molar-refractivity contribution in [2.45, 2.75) is 25.6 Å². The van der Waals surface area contributed by atoms with E-state index < -0.39 is 41.9 Å². The summed E-state index contributed by atoms with van der Waals surface area (Å²) in [5.74, 6) is -3.71. The average Bonchev–Trinajstić information content (AvgIpc) is 3.31. The van der Waals surface area contributed by atoms with Crippen molar-refractivity contribution in [1.29, 1.82) is 0 Å². The van der Waals surface area contributed by atoms with Crippen LogP contribution in [0, 0.1) is 0 Å². The van der Waals surface area contributed by atoms with E-state index in [1.54, 1.807) is 24.3 Å². The third kappa shape index (κ3) is 7.21. The molecule has 0 bridgehead atoms. The zero-order valence-electron chi connectivity index (χ0n) is 21.4. The number of halogens is 6. The van der Waals surface area contributed by atoms with E-state index in [1.165, 1.54) is 18.2 Å². The highest BCUT2D eigenvalue weighted by molar-refractivity contribution is 7.26. The Morgan fingerprint density at radius 1 is 0.762 bits per heavy atom. The molecule has 0 aliphatic carbocycles. The largest absolute Gasteiger partial charge is 0.573 e. The van der Waals surface area contributed by atoms with E-state index in [9.17, 15) is 35.9 Å². The number of ether oxygens (including phenoxy) is 4. The average molecular weight is 611 g/mol. The molecule has 0 amide bonds. The Kier molecular flexibility index (Phi) is 8.81. The number of carbonyl (C=O) groups excluding carboxylic acids is 2. The van der Waals surface area contributed by atoms with Crippen molar-refractivity contribution in [3.8, 4) is 28.4 Å². The second kappa shape index (κ2) is 12.1. The summed E-state index contributed by atoms with van der Waals surface area (Å²) in [5, 5.41) is 0.288. The number of aryl methyl sites for hydroxylation is 1. The van der Waals surface area contributed by atoms with Crippen LogP contribution in [0.15, 0.2) is 73.8 Å². The number of thiophene rings is 1. The Morgan fingerprint density at radius 3 is 1.93 bits per heavy atom. The number of hydrogen-bond donors (Lipinski definition) is 0. The fourth-order valence-electron chi connectivity index (χ4n) is 4.08. The van der Waals surface area contributed by atoms with Crippen molar-refractivity contribution in [1.82, 2.24) is 0 Å². The van der Waals surface area contributed by atoms with Gasteiger partial charge >= 0.3 is 24.7 Å². The van der Waals surface area contributed by atoms with Crippen molar-refractivity contribution in [2.75, 3.05) is 6.61 Å². The molecule has 0 aliphatic rings. The third-order valence-electron chi connectivity index (χ3n) is 5.78. The lowest BCUT2D eigenvalue weighted by Crippen LogP contribution is -2.18. The number of alkyl halides is 6. The molecule has 4 rings (SSSR count). The second-order valence-corrected chi connectivity index (χ2v) is 9.60. The normalized spacial score (nSPS) is 11.8. The van der Waals surface area contributed by atoms with Crippen molar-refractivity contribution in [3.05, 3.63) is 79.4 Å². The molecular weight excluding hydrogens is 590 g/mol. The van der Waals surface area contributed by atoms with Gasteiger partial charge in [-0.15, -0.1) is 37.7 Å². The Bertz CT molecular complexity index is 1650. The molecule has 3 aromatic carbocycles. The number of carbonyl (C=O) groups is 2. The monoisotopic (exact) mass is 610 g/mol. The van der Waals surface area contributed by atoms with Crippen molar-refractivity contribution in [3.63, 3.8) is 0 Å². The van der Waals surface area contributed by atoms with Crippen LogP contribution in [0.1, 0.15) is 12.0 Å². The molecule has 0 N–H and O–H groups in total. The quantitative estimate of drug-likeness (QED) is 0.0592. The maximum Gasteiger partial charge on any atom is 0.573 e. The zero-order chi connectivity index (χ0) is 30.7. The molecule has 0 fully saturated rings. The number of esters is 2. The molecule has 1 heterocycles. The van der Waals surface area contributed by atoms with Gasteiger partial charge in [0.15, 0.2) is 17.2 Å². The zero-order valence-corrected chi connectivity index (χ0v) is 22.3.